The Balaban J connectivity index is 1.92. The van der Waals surface area contributed by atoms with Gasteiger partial charge in [0.15, 0.2) is 0 Å². The van der Waals surface area contributed by atoms with E-state index in [-0.39, 0.29) is 5.41 Å². The van der Waals surface area contributed by atoms with E-state index in [4.69, 9.17) is 0 Å². The molecule has 1 aromatic rings. The molecule has 1 aliphatic carbocycles. The maximum Gasteiger partial charge on any atom is 0.0412 e. The van der Waals surface area contributed by atoms with E-state index < -0.39 is 0 Å². The second kappa shape index (κ2) is 5.64. The lowest BCUT2D eigenvalue weighted by atomic mass is 9.84. The third-order valence-corrected chi connectivity index (χ3v) is 5.13. The van der Waals surface area contributed by atoms with Crippen LogP contribution < -0.4 is 10.2 Å². The molecule has 1 heterocycles. The van der Waals surface area contributed by atoms with Gasteiger partial charge in [0, 0.05) is 30.9 Å². The van der Waals surface area contributed by atoms with Crippen molar-refractivity contribution < 1.29 is 0 Å². The Labute approximate surface area is 129 Å². The number of nitrogens with one attached hydrogen (secondary N) is 1. The molecule has 2 atom stereocenters. The molecular formula is C19H30N2. The molecule has 2 nitrogen and oxygen atoms in total. The zero-order valence-electron chi connectivity index (χ0n) is 14.0. The average Bonchev–Trinajstić information content (AvgIpc) is 3.30. The molecule has 3 rings (SSSR count). The predicted octanol–water partition coefficient (Wildman–Crippen LogP) is 3.95. The zero-order chi connectivity index (χ0) is 15.0. The summed E-state index contributed by atoms with van der Waals surface area (Å²) < 4.78 is 0. The van der Waals surface area contributed by atoms with E-state index in [1.54, 1.807) is 0 Å². The molecule has 1 aliphatic heterocycles. The van der Waals surface area contributed by atoms with Gasteiger partial charge in [-0.05, 0) is 42.2 Å². The van der Waals surface area contributed by atoms with Gasteiger partial charge in [0.05, 0.1) is 0 Å². The Morgan fingerprint density at radius 3 is 2.52 bits per heavy atom. The van der Waals surface area contributed by atoms with E-state index in [1.165, 1.54) is 37.1 Å². The summed E-state index contributed by atoms with van der Waals surface area (Å²) in [6.07, 6.45) is 4.05. The lowest BCUT2D eigenvalue weighted by Gasteiger charge is -2.44. The topological polar surface area (TPSA) is 15.3 Å². The summed E-state index contributed by atoms with van der Waals surface area (Å²) in [4.78, 5) is 2.69. The molecule has 0 bridgehead atoms. The number of piperazine rings is 1. The van der Waals surface area contributed by atoms with Crippen molar-refractivity contribution in [2.45, 2.75) is 64.5 Å². The van der Waals surface area contributed by atoms with Crippen LogP contribution in [-0.2, 0) is 5.41 Å². The summed E-state index contributed by atoms with van der Waals surface area (Å²) >= 11 is 0. The highest BCUT2D eigenvalue weighted by molar-refractivity contribution is 5.57. The van der Waals surface area contributed by atoms with E-state index in [9.17, 15) is 0 Å². The number of para-hydroxylation sites is 1. The third kappa shape index (κ3) is 3.11. The highest BCUT2D eigenvalue weighted by Gasteiger charge is 2.37. The van der Waals surface area contributed by atoms with Crippen molar-refractivity contribution in [2.75, 3.05) is 18.0 Å². The fourth-order valence-corrected chi connectivity index (χ4v) is 3.66. The van der Waals surface area contributed by atoms with E-state index in [1.807, 2.05) is 0 Å². The van der Waals surface area contributed by atoms with Gasteiger partial charge in [-0.3, -0.25) is 0 Å². The van der Waals surface area contributed by atoms with Crippen molar-refractivity contribution in [1.29, 1.82) is 0 Å². The first-order chi connectivity index (χ1) is 10.0. The zero-order valence-corrected chi connectivity index (χ0v) is 14.0. The summed E-state index contributed by atoms with van der Waals surface area (Å²) in [5, 5.41) is 3.80. The molecule has 0 amide bonds. The molecule has 116 valence electrons. The van der Waals surface area contributed by atoms with Crippen molar-refractivity contribution in [1.82, 2.24) is 5.32 Å². The summed E-state index contributed by atoms with van der Waals surface area (Å²) in [6, 6.07) is 10.4. The molecule has 1 saturated heterocycles. The number of nitrogens with zero attached hydrogens (tertiary/aromatic N) is 1. The normalized spacial score (nSPS) is 27.0. The highest BCUT2D eigenvalue weighted by Crippen LogP contribution is 2.38. The summed E-state index contributed by atoms with van der Waals surface area (Å²) in [5.41, 5.74) is 3.15. The Morgan fingerprint density at radius 1 is 1.19 bits per heavy atom. The summed E-state index contributed by atoms with van der Waals surface area (Å²) in [7, 11) is 0. The van der Waals surface area contributed by atoms with Crippen LogP contribution in [-0.4, -0.2) is 25.2 Å². The van der Waals surface area contributed by atoms with Crippen LogP contribution in [0.4, 0.5) is 5.69 Å². The van der Waals surface area contributed by atoms with E-state index >= 15 is 0 Å². The molecule has 2 heteroatoms. The molecular weight excluding hydrogens is 256 g/mol. The lowest BCUT2D eigenvalue weighted by molar-refractivity contribution is 0.358. The van der Waals surface area contributed by atoms with Crippen LogP contribution in [0.25, 0.3) is 0 Å². The standard InChI is InChI=1S/C19H30N2/c1-5-15-12-20-17(14-10-11-14)13-21(15)18-9-7-6-8-16(18)19(2,3)4/h6-9,14-15,17,20H,5,10-13H2,1-4H3. The number of benzene rings is 1. The minimum absolute atomic E-state index is 0.203. The van der Waals surface area contributed by atoms with Crippen molar-refractivity contribution in [3.63, 3.8) is 0 Å². The fraction of sp³-hybridized carbons (Fsp3) is 0.684. The van der Waals surface area contributed by atoms with Gasteiger partial charge >= 0.3 is 0 Å². The second-order valence-corrected chi connectivity index (χ2v) is 7.83. The fourth-order valence-electron chi connectivity index (χ4n) is 3.66. The maximum atomic E-state index is 3.80. The summed E-state index contributed by atoms with van der Waals surface area (Å²) in [5.74, 6) is 0.923. The van der Waals surface area contributed by atoms with Gasteiger partial charge < -0.3 is 10.2 Å². The molecule has 0 spiro atoms. The Kier molecular flexibility index (Phi) is 4.00. The van der Waals surface area contributed by atoms with Crippen LogP contribution in [0, 0.1) is 5.92 Å². The quantitative estimate of drug-likeness (QED) is 0.905. The molecule has 1 saturated carbocycles. The molecule has 0 aromatic heterocycles. The maximum absolute atomic E-state index is 3.80. The van der Waals surface area contributed by atoms with Crippen molar-refractivity contribution in [3.8, 4) is 0 Å². The Hall–Kier alpha value is -1.02. The molecule has 1 N–H and O–H groups in total. The molecule has 21 heavy (non-hydrogen) atoms. The number of hydrogen-bond acceptors (Lipinski definition) is 2. The van der Waals surface area contributed by atoms with E-state index in [0.717, 1.165) is 12.5 Å². The predicted molar refractivity (Wildman–Crippen MR) is 91.1 cm³/mol. The van der Waals surface area contributed by atoms with E-state index in [2.05, 4.69) is 62.2 Å². The van der Waals surface area contributed by atoms with Crippen LogP contribution >= 0.6 is 0 Å². The lowest BCUT2D eigenvalue weighted by Crippen LogP contribution is -2.57. The van der Waals surface area contributed by atoms with Crippen LogP contribution in [0.2, 0.25) is 0 Å². The van der Waals surface area contributed by atoms with Crippen LogP contribution in [0.5, 0.6) is 0 Å². The van der Waals surface area contributed by atoms with Crippen LogP contribution in [0.15, 0.2) is 24.3 Å². The van der Waals surface area contributed by atoms with Gasteiger partial charge in [0.2, 0.25) is 0 Å². The minimum atomic E-state index is 0.203. The molecule has 1 aromatic carbocycles. The van der Waals surface area contributed by atoms with Gasteiger partial charge in [0.25, 0.3) is 0 Å². The molecule has 2 fully saturated rings. The number of hydrogen-bond donors (Lipinski definition) is 1. The van der Waals surface area contributed by atoms with Gasteiger partial charge in [-0.1, -0.05) is 45.9 Å². The average molecular weight is 286 g/mol. The van der Waals surface area contributed by atoms with Crippen molar-refractivity contribution in [3.05, 3.63) is 29.8 Å². The Morgan fingerprint density at radius 2 is 1.90 bits per heavy atom. The van der Waals surface area contributed by atoms with Crippen LogP contribution in [0.3, 0.4) is 0 Å². The molecule has 2 unspecified atom stereocenters. The molecule has 2 aliphatic rings. The first kappa shape index (κ1) is 14.9. The SMILES string of the molecule is CCC1CNC(C2CC2)CN1c1ccccc1C(C)(C)C. The van der Waals surface area contributed by atoms with Gasteiger partial charge in [-0.15, -0.1) is 0 Å². The number of rotatable bonds is 3. The summed E-state index contributed by atoms with van der Waals surface area (Å²) in [6.45, 7) is 11.6. The first-order valence-electron chi connectivity index (χ1n) is 8.60. The van der Waals surface area contributed by atoms with Crippen molar-refractivity contribution in [2.24, 2.45) is 5.92 Å². The number of anilines is 1. The smallest absolute Gasteiger partial charge is 0.0412 e. The van der Waals surface area contributed by atoms with Gasteiger partial charge in [-0.25, -0.2) is 0 Å². The van der Waals surface area contributed by atoms with Crippen molar-refractivity contribution >= 4 is 5.69 Å². The molecule has 0 radical (unpaired) electrons. The van der Waals surface area contributed by atoms with Gasteiger partial charge in [-0.2, -0.15) is 0 Å². The third-order valence-electron chi connectivity index (χ3n) is 5.13. The minimum Gasteiger partial charge on any atom is -0.365 e. The van der Waals surface area contributed by atoms with E-state index in [0.29, 0.717) is 12.1 Å². The highest BCUT2D eigenvalue weighted by atomic mass is 15.2. The first-order valence-corrected chi connectivity index (χ1v) is 8.60. The second-order valence-electron chi connectivity index (χ2n) is 7.83. The monoisotopic (exact) mass is 286 g/mol. The van der Waals surface area contributed by atoms with Gasteiger partial charge in [0.1, 0.15) is 0 Å². The van der Waals surface area contributed by atoms with Crippen LogP contribution in [0.1, 0.15) is 52.5 Å². The Bertz CT molecular complexity index is 485. The largest absolute Gasteiger partial charge is 0.365 e.